The van der Waals surface area contributed by atoms with Crippen molar-refractivity contribution >= 4 is 15.9 Å². The molecule has 0 saturated carbocycles. The Morgan fingerprint density at radius 2 is 2.18 bits per heavy atom. The van der Waals surface area contributed by atoms with Crippen molar-refractivity contribution < 1.29 is 17.9 Å². The fourth-order valence-corrected chi connectivity index (χ4v) is 3.48. The SMILES string of the molecule is Cc1c(C(=O)N[C@@H]2COC[C@H]2CS(=O)(=O)N(C)C)cnn1C. The van der Waals surface area contributed by atoms with Gasteiger partial charge in [-0.05, 0) is 6.92 Å². The molecule has 124 valence electrons. The predicted octanol–water partition coefficient (Wildman–Crippen LogP) is -0.635. The number of rotatable bonds is 5. The van der Waals surface area contributed by atoms with Gasteiger partial charge in [-0.25, -0.2) is 12.7 Å². The van der Waals surface area contributed by atoms with Gasteiger partial charge in [-0.1, -0.05) is 0 Å². The summed E-state index contributed by atoms with van der Waals surface area (Å²) in [5.74, 6) is -0.557. The number of hydrogen-bond acceptors (Lipinski definition) is 5. The Hall–Kier alpha value is -1.45. The van der Waals surface area contributed by atoms with E-state index < -0.39 is 10.0 Å². The standard InChI is InChI=1S/C13H22N4O4S/c1-9-11(5-14-17(9)4)13(18)15-12-7-21-6-10(12)8-22(19,20)16(2)3/h5,10,12H,6-8H2,1-4H3,(H,15,18)/t10-,12+/m0/s1. The van der Waals surface area contributed by atoms with Crippen LogP contribution in [0.15, 0.2) is 6.20 Å². The van der Waals surface area contributed by atoms with Crippen molar-refractivity contribution in [3.05, 3.63) is 17.5 Å². The smallest absolute Gasteiger partial charge is 0.255 e. The van der Waals surface area contributed by atoms with E-state index in [1.165, 1.54) is 24.6 Å². The Balaban J connectivity index is 2.05. The highest BCUT2D eigenvalue weighted by molar-refractivity contribution is 7.89. The van der Waals surface area contributed by atoms with E-state index in [4.69, 9.17) is 4.74 Å². The quantitative estimate of drug-likeness (QED) is 0.775. The van der Waals surface area contributed by atoms with Gasteiger partial charge in [0.15, 0.2) is 0 Å². The highest BCUT2D eigenvalue weighted by atomic mass is 32.2. The molecule has 1 aliphatic heterocycles. The van der Waals surface area contributed by atoms with Crippen LogP contribution in [-0.4, -0.2) is 67.5 Å². The number of nitrogens with zero attached hydrogens (tertiary/aromatic N) is 3. The second-order valence-corrected chi connectivity index (χ2v) is 7.93. The minimum atomic E-state index is -3.33. The minimum absolute atomic E-state index is 0.0447. The van der Waals surface area contributed by atoms with Gasteiger partial charge in [-0.15, -0.1) is 0 Å². The molecule has 1 fully saturated rings. The zero-order valence-corrected chi connectivity index (χ0v) is 14.1. The second-order valence-electron chi connectivity index (χ2n) is 5.71. The van der Waals surface area contributed by atoms with Crippen molar-refractivity contribution in [2.75, 3.05) is 33.1 Å². The van der Waals surface area contributed by atoms with Gasteiger partial charge >= 0.3 is 0 Å². The van der Waals surface area contributed by atoms with Crippen molar-refractivity contribution in [3.8, 4) is 0 Å². The van der Waals surface area contributed by atoms with Crippen LogP contribution < -0.4 is 5.32 Å². The molecule has 1 aromatic heterocycles. The molecule has 1 aliphatic rings. The first-order valence-electron chi connectivity index (χ1n) is 6.99. The van der Waals surface area contributed by atoms with E-state index in [1.807, 2.05) is 0 Å². The van der Waals surface area contributed by atoms with Crippen LogP contribution in [0.5, 0.6) is 0 Å². The lowest BCUT2D eigenvalue weighted by atomic mass is 10.1. The van der Waals surface area contributed by atoms with E-state index in [0.717, 1.165) is 5.69 Å². The Labute approximate surface area is 130 Å². The lowest BCUT2D eigenvalue weighted by Gasteiger charge is -2.20. The number of hydrogen-bond donors (Lipinski definition) is 1. The molecule has 0 unspecified atom stereocenters. The number of amides is 1. The molecule has 0 bridgehead atoms. The van der Waals surface area contributed by atoms with Crippen LogP contribution in [0.3, 0.4) is 0 Å². The number of aryl methyl sites for hydroxylation is 1. The lowest BCUT2D eigenvalue weighted by Crippen LogP contribution is -2.43. The molecular weight excluding hydrogens is 308 g/mol. The molecular formula is C13H22N4O4S. The van der Waals surface area contributed by atoms with Crippen LogP contribution in [0.1, 0.15) is 16.1 Å². The van der Waals surface area contributed by atoms with Gasteiger partial charge in [0.05, 0.1) is 36.8 Å². The molecule has 1 N–H and O–H groups in total. The Kier molecular flexibility index (Phi) is 4.88. The topological polar surface area (TPSA) is 93.5 Å². The van der Waals surface area contributed by atoms with Crippen LogP contribution in [0, 0.1) is 12.8 Å². The lowest BCUT2D eigenvalue weighted by molar-refractivity contribution is 0.0925. The number of aromatic nitrogens is 2. The van der Waals surface area contributed by atoms with Gasteiger partial charge in [0.1, 0.15) is 0 Å². The summed E-state index contributed by atoms with van der Waals surface area (Å²) >= 11 is 0. The minimum Gasteiger partial charge on any atom is -0.379 e. The van der Waals surface area contributed by atoms with Gasteiger partial charge in [-0.3, -0.25) is 9.48 Å². The average Bonchev–Trinajstić information content (AvgIpc) is 2.98. The fourth-order valence-electron chi connectivity index (χ4n) is 2.31. The van der Waals surface area contributed by atoms with Gasteiger partial charge < -0.3 is 10.1 Å². The fraction of sp³-hybridized carbons (Fsp3) is 0.692. The molecule has 8 nitrogen and oxygen atoms in total. The summed E-state index contributed by atoms with van der Waals surface area (Å²) in [5.41, 5.74) is 1.25. The van der Waals surface area contributed by atoms with Crippen molar-refractivity contribution in [1.82, 2.24) is 19.4 Å². The first-order chi connectivity index (χ1) is 10.2. The van der Waals surface area contributed by atoms with E-state index in [0.29, 0.717) is 18.8 Å². The molecule has 22 heavy (non-hydrogen) atoms. The molecule has 0 aromatic carbocycles. The average molecular weight is 330 g/mol. The van der Waals surface area contributed by atoms with E-state index in [2.05, 4.69) is 10.4 Å². The van der Waals surface area contributed by atoms with E-state index >= 15 is 0 Å². The predicted molar refractivity (Wildman–Crippen MR) is 81.0 cm³/mol. The Morgan fingerprint density at radius 1 is 1.50 bits per heavy atom. The molecule has 2 rings (SSSR count). The maximum absolute atomic E-state index is 12.3. The van der Waals surface area contributed by atoms with Gasteiger partial charge in [0.2, 0.25) is 10.0 Å². The van der Waals surface area contributed by atoms with Crippen molar-refractivity contribution in [2.45, 2.75) is 13.0 Å². The highest BCUT2D eigenvalue weighted by Gasteiger charge is 2.34. The van der Waals surface area contributed by atoms with E-state index in [1.54, 1.807) is 18.7 Å². The van der Waals surface area contributed by atoms with Gasteiger partial charge in [0, 0.05) is 32.8 Å². The Morgan fingerprint density at radius 3 is 2.73 bits per heavy atom. The number of sulfonamides is 1. The summed E-state index contributed by atoms with van der Waals surface area (Å²) in [5, 5.41) is 6.90. The van der Waals surface area contributed by atoms with E-state index in [9.17, 15) is 13.2 Å². The first kappa shape index (κ1) is 16.9. The normalized spacial score (nSPS) is 22.2. The third-order valence-corrected chi connectivity index (χ3v) is 5.94. The summed E-state index contributed by atoms with van der Waals surface area (Å²) in [4.78, 5) is 12.3. The first-order valence-corrected chi connectivity index (χ1v) is 8.60. The highest BCUT2D eigenvalue weighted by Crippen LogP contribution is 2.18. The number of carbonyl (C=O) groups is 1. The Bertz CT molecular complexity index is 653. The largest absolute Gasteiger partial charge is 0.379 e. The summed E-state index contributed by atoms with van der Waals surface area (Å²) in [6.45, 7) is 2.45. The van der Waals surface area contributed by atoms with Gasteiger partial charge in [-0.2, -0.15) is 5.10 Å². The van der Waals surface area contributed by atoms with Crippen LogP contribution >= 0.6 is 0 Å². The second kappa shape index (κ2) is 6.35. The number of nitrogens with one attached hydrogen (secondary N) is 1. The van der Waals surface area contributed by atoms with Crippen molar-refractivity contribution in [3.63, 3.8) is 0 Å². The molecule has 1 saturated heterocycles. The van der Waals surface area contributed by atoms with Crippen LogP contribution in [0.2, 0.25) is 0 Å². The molecule has 2 atom stereocenters. The van der Waals surface area contributed by atoms with Crippen molar-refractivity contribution in [1.29, 1.82) is 0 Å². The van der Waals surface area contributed by atoms with Crippen LogP contribution in [0.25, 0.3) is 0 Å². The molecule has 2 heterocycles. The van der Waals surface area contributed by atoms with Gasteiger partial charge in [0.25, 0.3) is 5.91 Å². The van der Waals surface area contributed by atoms with E-state index in [-0.39, 0.29) is 23.6 Å². The summed E-state index contributed by atoms with van der Waals surface area (Å²) < 4.78 is 32.1. The molecule has 1 aromatic rings. The zero-order valence-electron chi connectivity index (χ0n) is 13.2. The summed E-state index contributed by atoms with van der Waals surface area (Å²) in [6.07, 6.45) is 1.51. The maximum atomic E-state index is 12.3. The third-order valence-electron chi connectivity index (χ3n) is 3.98. The number of ether oxygens (including phenoxy) is 1. The molecule has 9 heteroatoms. The summed E-state index contributed by atoms with van der Waals surface area (Å²) in [7, 11) is 1.42. The molecule has 1 amide bonds. The third kappa shape index (κ3) is 3.47. The summed E-state index contributed by atoms with van der Waals surface area (Å²) in [6, 6.07) is -0.318. The van der Waals surface area contributed by atoms with Crippen LogP contribution in [-0.2, 0) is 21.8 Å². The monoisotopic (exact) mass is 330 g/mol. The van der Waals surface area contributed by atoms with Crippen LogP contribution in [0.4, 0.5) is 0 Å². The number of carbonyl (C=O) groups excluding carboxylic acids is 1. The molecule has 0 aliphatic carbocycles. The molecule has 0 radical (unpaired) electrons. The maximum Gasteiger partial charge on any atom is 0.255 e. The molecule has 0 spiro atoms. The van der Waals surface area contributed by atoms with Crippen molar-refractivity contribution in [2.24, 2.45) is 13.0 Å². The zero-order chi connectivity index (χ0) is 16.5.